The molecule has 12 heavy (non-hydrogen) atoms. The zero-order chi connectivity index (χ0) is 9.19. The van der Waals surface area contributed by atoms with E-state index in [0.717, 1.165) is 0 Å². The van der Waals surface area contributed by atoms with Crippen LogP contribution < -0.4 is 5.19 Å². The van der Waals surface area contributed by atoms with Crippen molar-refractivity contribution in [2.24, 2.45) is 0 Å². The van der Waals surface area contributed by atoms with Crippen molar-refractivity contribution < 1.29 is 0 Å². The van der Waals surface area contributed by atoms with Gasteiger partial charge in [-0.2, -0.15) is 0 Å². The SMILES string of the molecule is C[CH]c1ccc([Si](C)(C)C)cc1. The predicted molar refractivity (Wildman–Crippen MR) is 58.5 cm³/mol. The van der Waals surface area contributed by atoms with E-state index in [4.69, 9.17) is 0 Å². The van der Waals surface area contributed by atoms with Crippen LogP contribution in [0.25, 0.3) is 0 Å². The van der Waals surface area contributed by atoms with Crippen LogP contribution in [0, 0.1) is 6.42 Å². The van der Waals surface area contributed by atoms with Crippen LogP contribution in [0.5, 0.6) is 0 Å². The van der Waals surface area contributed by atoms with Crippen LogP contribution in [0.2, 0.25) is 19.6 Å². The lowest BCUT2D eigenvalue weighted by atomic mass is 10.2. The average molecular weight is 177 g/mol. The third-order valence-electron chi connectivity index (χ3n) is 2.11. The van der Waals surface area contributed by atoms with Crippen LogP contribution in [0.1, 0.15) is 12.5 Å². The Morgan fingerprint density at radius 3 is 1.83 bits per heavy atom. The first-order valence-corrected chi connectivity index (χ1v) is 7.94. The molecule has 1 aromatic carbocycles. The Morgan fingerprint density at radius 1 is 1.00 bits per heavy atom. The Morgan fingerprint density at radius 2 is 1.50 bits per heavy atom. The van der Waals surface area contributed by atoms with Crippen molar-refractivity contribution in [3.05, 3.63) is 36.2 Å². The maximum atomic E-state index is 2.37. The molecule has 0 nitrogen and oxygen atoms in total. The molecule has 1 aromatic rings. The monoisotopic (exact) mass is 177 g/mol. The van der Waals surface area contributed by atoms with Gasteiger partial charge in [-0.15, -0.1) is 0 Å². The van der Waals surface area contributed by atoms with Crippen LogP contribution in [0.3, 0.4) is 0 Å². The highest BCUT2D eigenvalue weighted by Gasteiger charge is 2.15. The predicted octanol–water partition coefficient (Wildman–Crippen LogP) is 2.80. The molecule has 0 aromatic heterocycles. The van der Waals surface area contributed by atoms with Crippen LogP contribution in [0.4, 0.5) is 0 Å². The van der Waals surface area contributed by atoms with E-state index in [-0.39, 0.29) is 0 Å². The van der Waals surface area contributed by atoms with Crippen LogP contribution in [-0.4, -0.2) is 8.07 Å². The van der Waals surface area contributed by atoms with E-state index in [0.29, 0.717) is 0 Å². The summed E-state index contributed by atoms with van der Waals surface area (Å²) in [4.78, 5) is 0. The maximum Gasteiger partial charge on any atom is 0.0775 e. The minimum Gasteiger partial charge on any atom is -0.0656 e. The second-order valence-corrected chi connectivity index (χ2v) is 9.24. The van der Waals surface area contributed by atoms with E-state index in [2.05, 4.69) is 57.3 Å². The molecular formula is C11H17Si. The van der Waals surface area contributed by atoms with Gasteiger partial charge in [0.15, 0.2) is 0 Å². The topological polar surface area (TPSA) is 0 Å². The van der Waals surface area contributed by atoms with Crippen molar-refractivity contribution in [1.82, 2.24) is 0 Å². The van der Waals surface area contributed by atoms with Crippen molar-refractivity contribution in [3.63, 3.8) is 0 Å². The fourth-order valence-electron chi connectivity index (χ4n) is 1.18. The normalized spacial score (nSPS) is 11.7. The Bertz CT molecular complexity index is 241. The Kier molecular flexibility index (Phi) is 2.73. The first-order chi connectivity index (χ1) is 5.54. The Balaban J connectivity index is 2.93. The quantitative estimate of drug-likeness (QED) is 0.609. The number of hydrogen-bond acceptors (Lipinski definition) is 0. The minimum atomic E-state index is -1.08. The third-order valence-corrected chi connectivity index (χ3v) is 4.18. The summed E-state index contributed by atoms with van der Waals surface area (Å²) in [7, 11) is -1.08. The largest absolute Gasteiger partial charge is 0.0775 e. The molecule has 1 radical (unpaired) electrons. The highest BCUT2D eigenvalue weighted by Crippen LogP contribution is 2.05. The first-order valence-electron chi connectivity index (χ1n) is 4.44. The van der Waals surface area contributed by atoms with Gasteiger partial charge in [-0.1, -0.05) is 56.0 Å². The van der Waals surface area contributed by atoms with Crippen LogP contribution in [-0.2, 0) is 0 Å². The van der Waals surface area contributed by atoms with Gasteiger partial charge in [0.05, 0.1) is 8.07 Å². The molecule has 0 atom stereocenters. The molecule has 0 aliphatic carbocycles. The molecule has 0 spiro atoms. The molecule has 0 saturated carbocycles. The molecule has 65 valence electrons. The summed E-state index contributed by atoms with van der Waals surface area (Å²) in [5, 5.41) is 1.54. The van der Waals surface area contributed by atoms with Crippen LogP contribution in [0.15, 0.2) is 24.3 Å². The van der Waals surface area contributed by atoms with Crippen molar-refractivity contribution in [1.29, 1.82) is 0 Å². The fraction of sp³-hybridized carbons (Fsp3) is 0.364. The zero-order valence-corrected chi connectivity index (χ0v) is 9.39. The smallest absolute Gasteiger partial charge is 0.0656 e. The average Bonchev–Trinajstić information content (AvgIpc) is 2.03. The van der Waals surface area contributed by atoms with Gasteiger partial charge < -0.3 is 0 Å². The third kappa shape index (κ3) is 2.21. The van der Waals surface area contributed by atoms with E-state index in [1.165, 1.54) is 10.8 Å². The molecule has 0 bridgehead atoms. The molecule has 0 aliphatic rings. The minimum absolute atomic E-state index is 1.08. The lowest BCUT2D eigenvalue weighted by Gasteiger charge is -2.16. The molecule has 0 aliphatic heterocycles. The number of benzene rings is 1. The van der Waals surface area contributed by atoms with Crippen molar-refractivity contribution in [2.75, 3.05) is 0 Å². The lowest BCUT2D eigenvalue weighted by molar-refractivity contribution is 1.43. The molecule has 0 heterocycles. The Labute approximate surface area is 76.6 Å². The second kappa shape index (κ2) is 3.44. The van der Waals surface area contributed by atoms with E-state index < -0.39 is 8.07 Å². The molecular weight excluding hydrogens is 160 g/mol. The number of hydrogen-bond donors (Lipinski definition) is 0. The van der Waals surface area contributed by atoms with Gasteiger partial charge in [0.1, 0.15) is 0 Å². The summed E-state index contributed by atoms with van der Waals surface area (Å²) in [5.41, 5.74) is 1.32. The molecule has 1 heteroatoms. The summed E-state index contributed by atoms with van der Waals surface area (Å²) in [6.45, 7) is 9.19. The lowest BCUT2D eigenvalue weighted by Crippen LogP contribution is -2.37. The van der Waals surface area contributed by atoms with Crippen molar-refractivity contribution in [3.8, 4) is 0 Å². The highest BCUT2D eigenvalue weighted by atomic mass is 28.3. The van der Waals surface area contributed by atoms with Gasteiger partial charge >= 0.3 is 0 Å². The summed E-state index contributed by atoms with van der Waals surface area (Å²) in [6.07, 6.45) is 2.13. The molecule has 0 saturated heterocycles. The van der Waals surface area contributed by atoms with Crippen LogP contribution >= 0.6 is 0 Å². The van der Waals surface area contributed by atoms with Gasteiger partial charge in [0.25, 0.3) is 0 Å². The summed E-state index contributed by atoms with van der Waals surface area (Å²) in [6, 6.07) is 8.93. The van der Waals surface area contributed by atoms with Crippen molar-refractivity contribution in [2.45, 2.75) is 26.6 Å². The molecule has 0 N–H and O–H groups in total. The van der Waals surface area contributed by atoms with Gasteiger partial charge in [-0.25, -0.2) is 0 Å². The molecule has 0 fully saturated rings. The second-order valence-electron chi connectivity index (χ2n) is 4.16. The van der Waals surface area contributed by atoms with E-state index >= 15 is 0 Å². The molecule has 1 rings (SSSR count). The zero-order valence-electron chi connectivity index (χ0n) is 8.39. The Hall–Kier alpha value is -0.563. The standard InChI is InChI=1S/C11H17Si/c1-5-10-6-8-11(9-7-10)12(2,3)4/h5-9H,1-4H3. The van der Waals surface area contributed by atoms with Gasteiger partial charge in [0, 0.05) is 0 Å². The molecule has 0 unspecified atom stereocenters. The highest BCUT2D eigenvalue weighted by molar-refractivity contribution is 6.88. The molecule has 0 amide bonds. The first kappa shape index (κ1) is 9.52. The fourth-order valence-corrected chi connectivity index (χ4v) is 2.34. The van der Waals surface area contributed by atoms with Gasteiger partial charge in [-0.05, 0) is 12.0 Å². The maximum absolute atomic E-state index is 2.37. The van der Waals surface area contributed by atoms with E-state index in [9.17, 15) is 0 Å². The van der Waals surface area contributed by atoms with Gasteiger partial charge in [-0.3, -0.25) is 0 Å². The summed E-state index contributed by atoms with van der Waals surface area (Å²) in [5.74, 6) is 0. The number of rotatable bonds is 2. The summed E-state index contributed by atoms with van der Waals surface area (Å²) < 4.78 is 0. The van der Waals surface area contributed by atoms with E-state index in [1.807, 2.05) is 0 Å². The van der Waals surface area contributed by atoms with Crippen molar-refractivity contribution >= 4 is 13.3 Å². The summed E-state index contributed by atoms with van der Waals surface area (Å²) >= 11 is 0. The van der Waals surface area contributed by atoms with E-state index in [1.54, 1.807) is 0 Å². The van der Waals surface area contributed by atoms with Gasteiger partial charge in [0.2, 0.25) is 0 Å².